The predicted molar refractivity (Wildman–Crippen MR) is 127 cm³/mol. The van der Waals surface area contributed by atoms with Gasteiger partial charge in [-0.15, -0.1) is 17.9 Å². The van der Waals surface area contributed by atoms with E-state index in [2.05, 4.69) is 6.58 Å². The van der Waals surface area contributed by atoms with Gasteiger partial charge in [0.2, 0.25) is 11.8 Å². The maximum atomic E-state index is 13.3. The number of thiophene rings is 1. The summed E-state index contributed by atoms with van der Waals surface area (Å²) in [6, 6.07) is 19.6. The van der Waals surface area contributed by atoms with Crippen LogP contribution in [-0.2, 0) is 29.1 Å². The molecule has 0 bridgehead atoms. The van der Waals surface area contributed by atoms with Crippen LogP contribution in [0.25, 0.3) is 0 Å². The van der Waals surface area contributed by atoms with Crippen molar-refractivity contribution in [3.05, 3.63) is 106 Å². The maximum Gasteiger partial charge on any atom is 0.242 e. The van der Waals surface area contributed by atoms with Gasteiger partial charge in [0.15, 0.2) is 0 Å². The Morgan fingerprint density at radius 3 is 2.25 bits per heavy atom. The second-order valence-electron chi connectivity index (χ2n) is 7.61. The van der Waals surface area contributed by atoms with E-state index in [9.17, 15) is 14.0 Å². The number of benzene rings is 2. The van der Waals surface area contributed by atoms with Gasteiger partial charge in [0.25, 0.3) is 0 Å². The van der Waals surface area contributed by atoms with Crippen molar-refractivity contribution in [2.24, 2.45) is 0 Å². The highest BCUT2D eigenvalue weighted by Crippen LogP contribution is 2.19. The first-order valence-corrected chi connectivity index (χ1v) is 11.3. The minimum absolute atomic E-state index is 0.0385. The van der Waals surface area contributed by atoms with Gasteiger partial charge in [-0.1, -0.05) is 48.5 Å². The largest absolute Gasteiger partial charge is 0.332 e. The number of aryl methyl sites for hydroxylation is 1. The zero-order valence-electron chi connectivity index (χ0n) is 18.2. The van der Waals surface area contributed by atoms with Crippen molar-refractivity contribution >= 4 is 23.2 Å². The zero-order chi connectivity index (χ0) is 22.9. The molecule has 4 nitrogen and oxygen atoms in total. The van der Waals surface area contributed by atoms with Gasteiger partial charge < -0.3 is 9.80 Å². The molecule has 0 saturated carbocycles. The van der Waals surface area contributed by atoms with Gasteiger partial charge in [-0.3, -0.25) is 9.59 Å². The molecular weight excluding hydrogens is 423 g/mol. The smallest absolute Gasteiger partial charge is 0.242 e. The van der Waals surface area contributed by atoms with E-state index in [1.807, 2.05) is 49.4 Å². The van der Waals surface area contributed by atoms with Crippen molar-refractivity contribution in [1.29, 1.82) is 0 Å². The third-order valence-corrected chi connectivity index (χ3v) is 5.99. The minimum atomic E-state index is -0.316. The summed E-state index contributed by atoms with van der Waals surface area (Å²) in [6.45, 7) is 6.78. The molecule has 166 valence electrons. The van der Waals surface area contributed by atoms with Crippen LogP contribution in [0.4, 0.5) is 4.39 Å². The fourth-order valence-corrected chi connectivity index (χ4v) is 4.26. The fourth-order valence-electron chi connectivity index (χ4n) is 3.36. The highest BCUT2D eigenvalue weighted by Gasteiger charge is 2.22. The molecule has 1 aromatic heterocycles. The second-order valence-corrected chi connectivity index (χ2v) is 8.99. The molecule has 0 radical (unpaired) electrons. The molecule has 3 aromatic rings. The van der Waals surface area contributed by atoms with Gasteiger partial charge in [0, 0.05) is 22.8 Å². The molecular formula is C26H27FN2O2S. The van der Waals surface area contributed by atoms with Crippen LogP contribution in [0.5, 0.6) is 0 Å². The Morgan fingerprint density at radius 1 is 0.906 bits per heavy atom. The van der Waals surface area contributed by atoms with E-state index in [1.54, 1.807) is 34.4 Å². The summed E-state index contributed by atoms with van der Waals surface area (Å²) in [4.78, 5) is 31.6. The van der Waals surface area contributed by atoms with Gasteiger partial charge in [-0.25, -0.2) is 4.39 Å². The third-order valence-electron chi connectivity index (χ3n) is 5.01. The maximum absolute atomic E-state index is 13.3. The lowest BCUT2D eigenvalue weighted by Crippen LogP contribution is -2.43. The van der Waals surface area contributed by atoms with Crippen molar-refractivity contribution in [2.75, 3.05) is 13.1 Å². The van der Waals surface area contributed by atoms with Crippen LogP contribution < -0.4 is 0 Å². The first-order chi connectivity index (χ1) is 15.4. The number of carbonyl (C=O) groups excluding carboxylic acids is 2. The topological polar surface area (TPSA) is 40.6 Å². The molecule has 0 N–H and O–H groups in total. The van der Waals surface area contributed by atoms with E-state index >= 15 is 0 Å². The average Bonchev–Trinajstić information content (AvgIpc) is 3.19. The number of rotatable bonds is 10. The first-order valence-electron chi connectivity index (χ1n) is 10.4. The number of hydrogen-bond acceptors (Lipinski definition) is 3. The summed E-state index contributed by atoms with van der Waals surface area (Å²) in [5.74, 6) is -0.606. The molecule has 3 rings (SSSR count). The standard InChI is InChI=1S/C26H27FN2O2S/c1-3-15-28(25(30)16-21-7-5-4-6-8-21)19-26(31)29(18-24-14-9-20(2)32-24)17-22-10-12-23(27)13-11-22/h3-14H,1,15-19H2,2H3. The Bertz CT molecular complexity index is 1050. The highest BCUT2D eigenvalue weighted by molar-refractivity contribution is 7.11. The molecule has 0 saturated heterocycles. The molecule has 0 aliphatic rings. The van der Waals surface area contributed by atoms with Crippen LogP contribution >= 0.6 is 11.3 Å². The molecule has 0 aliphatic carbocycles. The summed E-state index contributed by atoms with van der Waals surface area (Å²) in [5.41, 5.74) is 1.73. The molecule has 6 heteroatoms. The summed E-state index contributed by atoms with van der Waals surface area (Å²) in [6.07, 6.45) is 1.85. The van der Waals surface area contributed by atoms with E-state index in [4.69, 9.17) is 0 Å². The Morgan fingerprint density at radius 2 is 1.62 bits per heavy atom. The predicted octanol–water partition coefficient (Wildman–Crippen LogP) is 4.98. The highest BCUT2D eigenvalue weighted by atomic mass is 32.1. The van der Waals surface area contributed by atoms with Crippen molar-refractivity contribution in [2.45, 2.75) is 26.4 Å². The quantitative estimate of drug-likeness (QED) is 0.409. The van der Waals surface area contributed by atoms with Crippen molar-refractivity contribution in [3.8, 4) is 0 Å². The van der Waals surface area contributed by atoms with Gasteiger partial charge in [-0.2, -0.15) is 0 Å². The van der Waals surface area contributed by atoms with E-state index < -0.39 is 0 Å². The van der Waals surface area contributed by atoms with E-state index in [0.717, 1.165) is 16.0 Å². The van der Waals surface area contributed by atoms with E-state index in [1.165, 1.54) is 21.9 Å². The SMILES string of the molecule is C=CCN(CC(=O)N(Cc1ccc(F)cc1)Cc1ccc(C)s1)C(=O)Cc1ccccc1. The molecule has 1 heterocycles. The first kappa shape index (κ1) is 23.4. The lowest BCUT2D eigenvalue weighted by molar-refractivity contribution is -0.140. The van der Waals surface area contributed by atoms with Gasteiger partial charge in [0.1, 0.15) is 12.4 Å². The van der Waals surface area contributed by atoms with Crippen LogP contribution in [0.3, 0.4) is 0 Å². The van der Waals surface area contributed by atoms with Crippen molar-refractivity contribution in [1.82, 2.24) is 9.80 Å². The Kier molecular flexibility index (Phi) is 8.34. The average molecular weight is 451 g/mol. The molecule has 0 atom stereocenters. The number of hydrogen-bond donors (Lipinski definition) is 0. The molecule has 0 fully saturated rings. The molecule has 0 spiro atoms. The molecule has 2 amide bonds. The molecule has 32 heavy (non-hydrogen) atoms. The van der Waals surface area contributed by atoms with Gasteiger partial charge in [0.05, 0.1) is 13.0 Å². The van der Waals surface area contributed by atoms with Gasteiger partial charge >= 0.3 is 0 Å². The van der Waals surface area contributed by atoms with Crippen LogP contribution in [0.15, 0.2) is 79.4 Å². The zero-order valence-corrected chi connectivity index (χ0v) is 19.0. The van der Waals surface area contributed by atoms with Crippen LogP contribution in [-0.4, -0.2) is 34.7 Å². The number of nitrogens with zero attached hydrogens (tertiary/aromatic N) is 2. The van der Waals surface area contributed by atoms with E-state index in [-0.39, 0.29) is 30.6 Å². The number of halogens is 1. The number of amides is 2. The molecule has 0 aliphatic heterocycles. The summed E-state index contributed by atoms with van der Waals surface area (Å²) < 4.78 is 13.3. The van der Waals surface area contributed by atoms with E-state index in [0.29, 0.717) is 19.6 Å². The summed E-state index contributed by atoms with van der Waals surface area (Å²) >= 11 is 1.63. The second kappa shape index (κ2) is 11.4. The van der Waals surface area contributed by atoms with Crippen molar-refractivity contribution in [3.63, 3.8) is 0 Å². The molecule has 0 unspecified atom stereocenters. The normalized spacial score (nSPS) is 10.6. The Hall–Kier alpha value is -3.25. The summed E-state index contributed by atoms with van der Waals surface area (Å²) in [5, 5.41) is 0. The van der Waals surface area contributed by atoms with Crippen LogP contribution in [0.2, 0.25) is 0 Å². The third kappa shape index (κ3) is 6.89. The van der Waals surface area contributed by atoms with Crippen LogP contribution in [0, 0.1) is 12.7 Å². The van der Waals surface area contributed by atoms with Gasteiger partial charge in [-0.05, 0) is 42.3 Å². The fraction of sp³-hybridized carbons (Fsp3) is 0.231. The lowest BCUT2D eigenvalue weighted by Gasteiger charge is -2.27. The Labute approximate surface area is 192 Å². The molecule has 2 aromatic carbocycles. The Balaban J connectivity index is 1.75. The van der Waals surface area contributed by atoms with Crippen molar-refractivity contribution < 1.29 is 14.0 Å². The summed E-state index contributed by atoms with van der Waals surface area (Å²) in [7, 11) is 0. The monoisotopic (exact) mass is 450 g/mol. The lowest BCUT2D eigenvalue weighted by atomic mass is 10.1. The number of carbonyl (C=O) groups is 2. The van der Waals surface area contributed by atoms with Crippen LogP contribution in [0.1, 0.15) is 20.9 Å². The minimum Gasteiger partial charge on any atom is -0.332 e.